The molecule has 0 amide bonds. The van der Waals surface area contributed by atoms with Crippen LogP contribution in [0.5, 0.6) is 0 Å². The van der Waals surface area contributed by atoms with Crippen LogP contribution in [0.25, 0.3) is 22.3 Å². The van der Waals surface area contributed by atoms with Gasteiger partial charge in [-0.3, -0.25) is 0 Å². The van der Waals surface area contributed by atoms with Gasteiger partial charge in [0.2, 0.25) is 0 Å². The van der Waals surface area contributed by atoms with E-state index in [4.69, 9.17) is 4.74 Å². The van der Waals surface area contributed by atoms with Gasteiger partial charge in [-0.25, -0.2) is 9.97 Å². The highest BCUT2D eigenvalue weighted by molar-refractivity contribution is 5.85. The van der Waals surface area contributed by atoms with Crippen molar-refractivity contribution >= 4 is 12.4 Å². The smallest absolute Gasteiger partial charge is 0.125 e. The molecule has 0 N–H and O–H groups in total. The quantitative estimate of drug-likeness (QED) is 0.183. The number of ether oxygens (including phenoxy) is 1. The van der Waals surface area contributed by atoms with Gasteiger partial charge < -0.3 is 13.9 Å². The van der Waals surface area contributed by atoms with Crippen molar-refractivity contribution in [1.82, 2.24) is 19.1 Å². The van der Waals surface area contributed by atoms with Crippen molar-refractivity contribution in [3.8, 4) is 22.3 Å². The highest BCUT2D eigenvalue weighted by atomic mass is 35.5. The summed E-state index contributed by atoms with van der Waals surface area (Å²) in [6.07, 6.45) is 6.72. The molecule has 0 spiro atoms. The van der Waals surface area contributed by atoms with E-state index < -0.39 is 0 Å². The van der Waals surface area contributed by atoms with Crippen LogP contribution < -0.4 is 0 Å². The molecule has 6 aromatic rings. The lowest BCUT2D eigenvalue weighted by Gasteiger charge is -2.27. The Hall–Kier alpha value is -4.45. The van der Waals surface area contributed by atoms with Gasteiger partial charge in [-0.15, -0.1) is 12.4 Å². The molecule has 42 heavy (non-hydrogen) atoms. The maximum Gasteiger partial charge on any atom is 0.125 e. The number of nitrogens with zero attached hydrogens (tertiary/aromatic N) is 4. The van der Waals surface area contributed by atoms with Crippen LogP contribution in [0.1, 0.15) is 45.8 Å². The number of hydrogen-bond donors (Lipinski definition) is 0. The van der Waals surface area contributed by atoms with Crippen LogP contribution in [0.4, 0.5) is 0 Å². The maximum absolute atomic E-state index is 7.19. The van der Waals surface area contributed by atoms with Crippen molar-refractivity contribution in [1.29, 1.82) is 0 Å². The van der Waals surface area contributed by atoms with E-state index in [-0.39, 0.29) is 24.6 Å². The topological polar surface area (TPSA) is 44.9 Å². The van der Waals surface area contributed by atoms with Crippen molar-refractivity contribution in [2.45, 2.75) is 26.1 Å². The average Bonchev–Trinajstić information content (AvgIpc) is 3.62. The number of hydrogen-bond acceptors (Lipinski definition) is 3. The second-order valence-electron chi connectivity index (χ2n) is 10.6. The summed E-state index contributed by atoms with van der Waals surface area (Å²) in [6.45, 7) is 4.30. The largest absolute Gasteiger partial charge is 0.353 e. The van der Waals surface area contributed by atoms with Crippen molar-refractivity contribution in [3.63, 3.8) is 0 Å². The Labute approximate surface area is 253 Å². The zero-order chi connectivity index (χ0) is 28.3. The highest BCUT2D eigenvalue weighted by Crippen LogP contribution is 2.38. The summed E-state index contributed by atoms with van der Waals surface area (Å²) in [5.74, 6) is 0. The van der Waals surface area contributed by atoms with Crippen molar-refractivity contribution < 1.29 is 4.74 Å². The highest BCUT2D eigenvalue weighted by Gasteiger charge is 2.27. The fraction of sp³-hybridized carbons (Fsp3) is 0.167. The molecule has 0 aliphatic rings. The number of rotatable bonds is 8. The Balaban J connectivity index is 0.00000353. The Kier molecular flexibility index (Phi) is 8.72. The lowest BCUT2D eigenvalue weighted by molar-refractivity contribution is 0.0233. The number of aryl methyl sites for hydroxylation is 4. The monoisotopic (exact) mass is 574 g/mol. The zero-order valence-electron chi connectivity index (χ0n) is 24.3. The lowest BCUT2D eigenvalue weighted by Crippen LogP contribution is -2.17. The molecular formula is C36H35ClN4O. The maximum atomic E-state index is 7.19. The van der Waals surface area contributed by atoms with Gasteiger partial charge in [0.05, 0.1) is 36.4 Å². The van der Waals surface area contributed by atoms with Crippen LogP contribution >= 0.6 is 12.4 Å². The van der Waals surface area contributed by atoms with Crippen molar-refractivity contribution in [2.75, 3.05) is 0 Å². The molecule has 0 radical (unpaired) electrons. The standard InChI is InChI=1S/C36H34N4O.ClH/c1-25-11-5-7-17-31(25)27-13-9-15-29(19-27)35(33-21-37-23-39(33)3)41-36(34-22-38-24-40(34)4)30-16-10-14-28(20-30)32-18-8-6-12-26(32)2;/h5-24,35-36H,1-4H3;1H. The van der Waals surface area contributed by atoms with Crippen molar-refractivity contribution in [2.24, 2.45) is 14.1 Å². The minimum absolute atomic E-state index is 0. The first-order chi connectivity index (χ1) is 20.0. The van der Waals surface area contributed by atoms with Crippen LogP contribution in [0.2, 0.25) is 0 Å². The average molecular weight is 575 g/mol. The van der Waals surface area contributed by atoms with Crippen molar-refractivity contribution in [3.05, 3.63) is 156 Å². The first kappa shape index (κ1) is 29.1. The Morgan fingerprint density at radius 3 is 1.38 bits per heavy atom. The van der Waals surface area contributed by atoms with E-state index in [2.05, 4.69) is 121 Å². The molecule has 5 nitrogen and oxygen atoms in total. The predicted octanol–water partition coefficient (Wildman–Crippen LogP) is 8.42. The molecule has 2 atom stereocenters. The Morgan fingerprint density at radius 2 is 1.00 bits per heavy atom. The molecule has 0 saturated heterocycles. The third kappa shape index (κ3) is 5.80. The first-order valence-electron chi connectivity index (χ1n) is 13.9. The fourth-order valence-corrected chi connectivity index (χ4v) is 5.55. The van der Waals surface area contributed by atoms with Gasteiger partial charge in [0.1, 0.15) is 12.2 Å². The van der Waals surface area contributed by atoms with E-state index in [0.717, 1.165) is 33.6 Å². The van der Waals surface area contributed by atoms with Crippen LogP contribution in [-0.4, -0.2) is 19.1 Å². The summed E-state index contributed by atoms with van der Waals surface area (Å²) in [7, 11) is 4.03. The summed E-state index contributed by atoms with van der Waals surface area (Å²) < 4.78 is 11.3. The second-order valence-corrected chi connectivity index (χ2v) is 10.6. The molecule has 2 heterocycles. The second kappa shape index (κ2) is 12.6. The molecule has 4 aromatic carbocycles. The molecule has 212 valence electrons. The summed E-state index contributed by atoms with van der Waals surface area (Å²) in [5.41, 5.74) is 11.3. The minimum Gasteiger partial charge on any atom is -0.353 e. The van der Waals surface area contributed by atoms with Gasteiger partial charge in [0.15, 0.2) is 0 Å². The predicted molar refractivity (Wildman–Crippen MR) is 172 cm³/mol. The molecule has 6 heteroatoms. The van der Waals surface area contributed by atoms with Crippen LogP contribution in [-0.2, 0) is 18.8 Å². The van der Waals surface area contributed by atoms with E-state index in [0.29, 0.717) is 0 Å². The van der Waals surface area contributed by atoms with Gasteiger partial charge in [-0.2, -0.15) is 0 Å². The van der Waals surface area contributed by atoms with Gasteiger partial charge in [0, 0.05) is 14.1 Å². The molecule has 0 aliphatic carbocycles. The van der Waals surface area contributed by atoms with E-state index in [1.807, 2.05) is 48.3 Å². The molecule has 2 unspecified atom stereocenters. The normalized spacial score (nSPS) is 12.5. The van der Waals surface area contributed by atoms with Gasteiger partial charge >= 0.3 is 0 Å². The van der Waals surface area contributed by atoms with Crippen LogP contribution in [0.3, 0.4) is 0 Å². The van der Waals surface area contributed by atoms with Crippen LogP contribution in [0.15, 0.2) is 122 Å². The first-order valence-corrected chi connectivity index (χ1v) is 13.9. The molecule has 0 saturated carbocycles. The summed E-state index contributed by atoms with van der Waals surface area (Å²) in [6, 6.07) is 34.3. The molecule has 6 rings (SSSR count). The summed E-state index contributed by atoms with van der Waals surface area (Å²) in [4.78, 5) is 8.90. The third-order valence-electron chi connectivity index (χ3n) is 7.81. The van der Waals surface area contributed by atoms with E-state index in [1.165, 1.54) is 22.3 Å². The molecule has 2 aromatic heterocycles. The van der Waals surface area contributed by atoms with E-state index in [9.17, 15) is 0 Å². The summed E-state index contributed by atoms with van der Waals surface area (Å²) >= 11 is 0. The fourth-order valence-electron chi connectivity index (χ4n) is 5.55. The van der Waals surface area contributed by atoms with E-state index >= 15 is 0 Å². The van der Waals surface area contributed by atoms with Gasteiger partial charge in [-0.1, -0.05) is 84.9 Å². The van der Waals surface area contributed by atoms with Crippen LogP contribution in [0, 0.1) is 13.8 Å². The minimum atomic E-state index is -0.367. The molecule has 0 aliphatic heterocycles. The molecule has 0 fully saturated rings. The van der Waals surface area contributed by atoms with E-state index in [1.54, 1.807) is 0 Å². The number of benzene rings is 4. The third-order valence-corrected chi connectivity index (χ3v) is 7.81. The Morgan fingerprint density at radius 1 is 0.571 bits per heavy atom. The number of aromatic nitrogens is 4. The SMILES string of the molecule is Cc1ccccc1-c1cccc(C(OC(c2cccc(-c3ccccc3C)c2)c2cncn2C)c2cncn2C)c1.Cl. The zero-order valence-corrected chi connectivity index (χ0v) is 25.1. The Bertz CT molecular complexity index is 1670. The summed E-state index contributed by atoms with van der Waals surface area (Å²) in [5, 5.41) is 0. The molecule has 0 bridgehead atoms. The number of imidazole rings is 2. The lowest BCUT2D eigenvalue weighted by atomic mass is 9.95. The molecular weight excluding hydrogens is 540 g/mol. The number of halogens is 1. The van der Waals surface area contributed by atoms with Gasteiger partial charge in [0.25, 0.3) is 0 Å². The van der Waals surface area contributed by atoms with Gasteiger partial charge in [-0.05, 0) is 70.5 Å².